The van der Waals surface area contributed by atoms with E-state index in [-0.39, 0.29) is 11.4 Å². The molecule has 0 unspecified atom stereocenters. The van der Waals surface area contributed by atoms with Gasteiger partial charge in [-0.2, -0.15) is 0 Å². The maximum absolute atomic E-state index is 11.0. The van der Waals surface area contributed by atoms with Crippen molar-refractivity contribution >= 4 is 11.4 Å². The van der Waals surface area contributed by atoms with Crippen LogP contribution in [0.15, 0.2) is 18.2 Å². The lowest BCUT2D eigenvalue weighted by Crippen LogP contribution is -2.30. The summed E-state index contributed by atoms with van der Waals surface area (Å²) >= 11 is 0. The van der Waals surface area contributed by atoms with Crippen LogP contribution in [0.2, 0.25) is 0 Å². The molecule has 0 radical (unpaired) electrons. The minimum atomic E-state index is -0.630. The van der Waals surface area contributed by atoms with E-state index in [1.54, 1.807) is 0 Å². The number of benzene rings is 1. The molecular weight excluding hydrogens is 276 g/mol. The van der Waals surface area contributed by atoms with Crippen LogP contribution in [0.3, 0.4) is 0 Å². The Balaban J connectivity index is 1.92. The second-order valence-electron chi connectivity index (χ2n) is 5.22. The van der Waals surface area contributed by atoms with Gasteiger partial charge in [0, 0.05) is 37.3 Å². The van der Waals surface area contributed by atoms with Gasteiger partial charge in [0.15, 0.2) is 0 Å². The number of likely N-dealkylation sites (N-methyl/N-ethyl adjacent to an activating group) is 1. The molecule has 0 spiro atoms. The fraction of sp³-hybridized carbons (Fsp3) is 0.538. The van der Waals surface area contributed by atoms with Crippen LogP contribution in [0, 0.1) is 20.2 Å². The molecule has 0 aromatic heterocycles. The molecular formula is C13H18N4O4. The highest BCUT2D eigenvalue weighted by atomic mass is 16.6. The van der Waals surface area contributed by atoms with Gasteiger partial charge in [-0.05, 0) is 26.0 Å². The minimum absolute atomic E-state index is 0.216. The van der Waals surface area contributed by atoms with Gasteiger partial charge in [-0.25, -0.2) is 0 Å². The zero-order chi connectivity index (χ0) is 15.4. The number of hydrogen-bond donors (Lipinski definition) is 1. The first-order chi connectivity index (χ1) is 9.99. The van der Waals surface area contributed by atoms with Gasteiger partial charge in [0.1, 0.15) is 0 Å². The van der Waals surface area contributed by atoms with Crippen LogP contribution < -0.4 is 5.32 Å². The lowest BCUT2D eigenvalue weighted by molar-refractivity contribution is -0.394. The van der Waals surface area contributed by atoms with E-state index in [9.17, 15) is 20.2 Å². The Bertz CT molecular complexity index is 545. The molecule has 1 fully saturated rings. The topological polar surface area (TPSA) is 102 Å². The standard InChI is InChI=1S/C13H18N4O4/c1-15(11-4-5-11)7-6-14-9-10-2-3-12(16(18)19)8-13(10)17(20)21/h2-3,8,11,14H,4-7,9H2,1H3. The number of nitrogens with zero attached hydrogens (tertiary/aromatic N) is 3. The first-order valence-electron chi connectivity index (χ1n) is 6.81. The van der Waals surface area contributed by atoms with Crippen LogP contribution in [0.4, 0.5) is 11.4 Å². The fourth-order valence-electron chi connectivity index (χ4n) is 2.16. The molecule has 0 atom stereocenters. The Kier molecular flexibility index (Phi) is 4.81. The smallest absolute Gasteiger partial charge is 0.280 e. The van der Waals surface area contributed by atoms with Gasteiger partial charge >= 0.3 is 0 Å². The summed E-state index contributed by atoms with van der Waals surface area (Å²) in [5, 5.41) is 24.8. The minimum Gasteiger partial charge on any atom is -0.311 e. The summed E-state index contributed by atoms with van der Waals surface area (Å²) in [7, 11) is 2.06. The summed E-state index contributed by atoms with van der Waals surface area (Å²) in [6.45, 7) is 1.93. The van der Waals surface area contributed by atoms with E-state index in [2.05, 4.69) is 17.3 Å². The third-order valence-corrected chi connectivity index (χ3v) is 3.60. The Morgan fingerprint density at radius 2 is 2.00 bits per heavy atom. The summed E-state index contributed by atoms with van der Waals surface area (Å²) in [6, 6.07) is 4.42. The van der Waals surface area contributed by atoms with Crippen LogP contribution >= 0.6 is 0 Å². The van der Waals surface area contributed by atoms with Crippen molar-refractivity contribution in [3.63, 3.8) is 0 Å². The number of hydrogen-bond acceptors (Lipinski definition) is 6. The second kappa shape index (κ2) is 6.59. The SMILES string of the molecule is CN(CCNCc1ccc([N+](=O)[O-])cc1[N+](=O)[O-])C1CC1. The molecule has 0 aliphatic heterocycles. The van der Waals surface area contributed by atoms with Crippen LogP contribution in [-0.4, -0.2) is 40.9 Å². The maximum atomic E-state index is 11.0. The molecule has 1 aromatic rings. The molecule has 0 heterocycles. The molecule has 1 aliphatic rings. The molecule has 1 saturated carbocycles. The molecule has 0 saturated heterocycles. The summed E-state index contributed by atoms with van der Waals surface area (Å²) < 4.78 is 0. The molecule has 1 aromatic carbocycles. The van der Waals surface area contributed by atoms with Crippen molar-refractivity contribution in [3.8, 4) is 0 Å². The van der Waals surface area contributed by atoms with Crippen molar-refractivity contribution in [2.24, 2.45) is 0 Å². The van der Waals surface area contributed by atoms with Gasteiger partial charge in [-0.3, -0.25) is 20.2 Å². The lowest BCUT2D eigenvalue weighted by atomic mass is 10.1. The van der Waals surface area contributed by atoms with Crippen LogP contribution in [0.5, 0.6) is 0 Å². The predicted octanol–water partition coefficient (Wildman–Crippen LogP) is 1.69. The van der Waals surface area contributed by atoms with E-state index in [1.165, 1.54) is 25.0 Å². The van der Waals surface area contributed by atoms with Crippen molar-refractivity contribution in [3.05, 3.63) is 44.0 Å². The Labute approximate surface area is 122 Å². The number of nitro groups is 2. The molecule has 8 nitrogen and oxygen atoms in total. The van der Waals surface area contributed by atoms with E-state index in [0.717, 1.165) is 19.2 Å². The van der Waals surface area contributed by atoms with Gasteiger partial charge < -0.3 is 10.2 Å². The van der Waals surface area contributed by atoms with Crippen molar-refractivity contribution < 1.29 is 9.85 Å². The average molecular weight is 294 g/mol. The maximum Gasteiger partial charge on any atom is 0.280 e. The van der Waals surface area contributed by atoms with Crippen LogP contribution in [-0.2, 0) is 6.54 Å². The molecule has 0 amide bonds. The zero-order valence-electron chi connectivity index (χ0n) is 11.8. The summed E-state index contributed by atoms with van der Waals surface area (Å²) in [5.74, 6) is 0. The predicted molar refractivity (Wildman–Crippen MR) is 77.1 cm³/mol. The molecule has 1 aliphatic carbocycles. The third-order valence-electron chi connectivity index (χ3n) is 3.60. The van der Waals surface area contributed by atoms with Gasteiger partial charge in [0.25, 0.3) is 11.4 Å². The van der Waals surface area contributed by atoms with E-state index < -0.39 is 9.85 Å². The average Bonchev–Trinajstić information content (AvgIpc) is 3.27. The van der Waals surface area contributed by atoms with Crippen molar-refractivity contribution in [2.45, 2.75) is 25.4 Å². The largest absolute Gasteiger partial charge is 0.311 e. The first kappa shape index (κ1) is 15.3. The van der Waals surface area contributed by atoms with Gasteiger partial charge in [0.2, 0.25) is 0 Å². The Hall–Kier alpha value is -2.06. The Morgan fingerprint density at radius 1 is 1.29 bits per heavy atom. The molecule has 114 valence electrons. The van der Waals surface area contributed by atoms with Crippen LogP contribution in [0.25, 0.3) is 0 Å². The molecule has 8 heteroatoms. The summed E-state index contributed by atoms with van der Waals surface area (Å²) in [6.07, 6.45) is 2.48. The van der Waals surface area contributed by atoms with Gasteiger partial charge in [0.05, 0.1) is 15.9 Å². The van der Waals surface area contributed by atoms with E-state index in [1.807, 2.05) is 0 Å². The molecule has 1 N–H and O–H groups in total. The number of non-ortho nitro benzene ring substituents is 1. The normalized spacial score (nSPS) is 14.4. The lowest BCUT2D eigenvalue weighted by Gasteiger charge is -2.15. The van der Waals surface area contributed by atoms with Gasteiger partial charge in [-0.1, -0.05) is 0 Å². The highest BCUT2D eigenvalue weighted by Gasteiger charge is 2.25. The number of nitrogens with one attached hydrogen (secondary N) is 1. The highest BCUT2D eigenvalue weighted by Crippen LogP contribution is 2.25. The van der Waals surface area contributed by atoms with E-state index in [4.69, 9.17) is 0 Å². The van der Waals surface area contributed by atoms with E-state index in [0.29, 0.717) is 18.2 Å². The Morgan fingerprint density at radius 3 is 2.57 bits per heavy atom. The highest BCUT2D eigenvalue weighted by molar-refractivity contribution is 5.49. The number of nitro benzene ring substituents is 2. The summed E-state index contributed by atoms with van der Waals surface area (Å²) in [5.41, 5.74) is -0.0224. The summed E-state index contributed by atoms with van der Waals surface area (Å²) in [4.78, 5) is 22.7. The van der Waals surface area contributed by atoms with Crippen LogP contribution in [0.1, 0.15) is 18.4 Å². The van der Waals surface area contributed by atoms with Gasteiger partial charge in [-0.15, -0.1) is 0 Å². The first-order valence-corrected chi connectivity index (χ1v) is 6.81. The molecule has 2 rings (SSSR count). The molecule has 21 heavy (non-hydrogen) atoms. The van der Waals surface area contributed by atoms with Crippen molar-refractivity contribution in [2.75, 3.05) is 20.1 Å². The van der Waals surface area contributed by atoms with Crippen molar-refractivity contribution in [1.29, 1.82) is 0 Å². The zero-order valence-corrected chi connectivity index (χ0v) is 11.8. The van der Waals surface area contributed by atoms with E-state index >= 15 is 0 Å². The second-order valence-corrected chi connectivity index (χ2v) is 5.22. The van der Waals surface area contributed by atoms with Crippen molar-refractivity contribution in [1.82, 2.24) is 10.2 Å². The third kappa shape index (κ3) is 4.20. The quantitative estimate of drug-likeness (QED) is 0.444. The number of rotatable bonds is 8. The fourth-order valence-corrected chi connectivity index (χ4v) is 2.16. The molecule has 0 bridgehead atoms. The monoisotopic (exact) mass is 294 g/mol.